The molecule has 0 fully saturated rings. The van der Waals surface area contributed by atoms with Gasteiger partial charge in [0.15, 0.2) is 5.65 Å². The summed E-state index contributed by atoms with van der Waals surface area (Å²) < 4.78 is 20.7. The van der Waals surface area contributed by atoms with E-state index in [-0.39, 0.29) is 11.9 Å². The molecule has 0 aliphatic rings. The van der Waals surface area contributed by atoms with Crippen LogP contribution in [-0.2, 0) is 0 Å². The number of carbonyl (C=O) groups is 1. The molecule has 148 valence electrons. The summed E-state index contributed by atoms with van der Waals surface area (Å²) >= 11 is 0. The second-order valence-electron chi connectivity index (χ2n) is 6.47. The lowest BCUT2D eigenvalue weighted by atomic mass is 10.1. The lowest BCUT2D eigenvalue weighted by Crippen LogP contribution is -2.39. The Balaban J connectivity index is 1.85. The smallest absolute Gasteiger partial charge is 0.407 e. The first-order chi connectivity index (χ1) is 13.4. The molecule has 0 bridgehead atoms. The zero-order valence-corrected chi connectivity index (χ0v) is 15.9. The molecule has 0 radical (unpaired) electrons. The van der Waals surface area contributed by atoms with Crippen molar-refractivity contribution >= 4 is 17.6 Å². The van der Waals surface area contributed by atoms with Gasteiger partial charge in [0.05, 0.1) is 19.0 Å². The number of amides is 1. The standard InChI is InChI=1S/C19H22FN5O3/c1-12(2)24(19(26)27)9-8-21-17-6-7-18-22-11-15(25(18)23-17)14-10-13(20)4-5-16(14)28-3/h4-7,10-12H,8-9H2,1-3H3,(H,21,23)(H,26,27). The third-order valence-corrected chi connectivity index (χ3v) is 4.33. The number of anilines is 1. The van der Waals surface area contributed by atoms with Gasteiger partial charge in [-0.25, -0.2) is 18.7 Å². The van der Waals surface area contributed by atoms with Crippen LogP contribution in [0.5, 0.6) is 5.75 Å². The molecule has 2 N–H and O–H groups in total. The number of nitrogens with one attached hydrogen (secondary N) is 1. The van der Waals surface area contributed by atoms with Gasteiger partial charge in [-0.15, -0.1) is 5.10 Å². The predicted molar refractivity (Wildman–Crippen MR) is 103 cm³/mol. The molecule has 3 rings (SSSR count). The topological polar surface area (TPSA) is 92.0 Å². The second-order valence-corrected chi connectivity index (χ2v) is 6.47. The van der Waals surface area contributed by atoms with Crippen LogP contribution in [0.3, 0.4) is 0 Å². The SMILES string of the molecule is COc1ccc(F)cc1-c1cnc2ccc(NCCN(C(=O)O)C(C)C)nn12. The molecule has 0 aliphatic heterocycles. The van der Waals surface area contributed by atoms with Gasteiger partial charge >= 0.3 is 6.09 Å². The highest BCUT2D eigenvalue weighted by Crippen LogP contribution is 2.30. The van der Waals surface area contributed by atoms with Gasteiger partial charge in [0, 0.05) is 24.7 Å². The van der Waals surface area contributed by atoms with Gasteiger partial charge < -0.3 is 20.1 Å². The van der Waals surface area contributed by atoms with Crippen molar-refractivity contribution in [3.8, 4) is 17.0 Å². The number of ether oxygens (including phenoxy) is 1. The van der Waals surface area contributed by atoms with Gasteiger partial charge in [-0.1, -0.05) is 0 Å². The average molecular weight is 387 g/mol. The van der Waals surface area contributed by atoms with Crippen molar-refractivity contribution in [2.24, 2.45) is 0 Å². The minimum absolute atomic E-state index is 0.115. The number of nitrogens with zero attached hydrogens (tertiary/aromatic N) is 4. The van der Waals surface area contributed by atoms with Crippen molar-refractivity contribution in [2.75, 3.05) is 25.5 Å². The number of methoxy groups -OCH3 is 1. The van der Waals surface area contributed by atoms with Crippen LogP contribution in [-0.4, -0.2) is 56.9 Å². The van der Waals surface area contributed by atoms with Crippen LogP contribution in [0.15, 0.2) is 36.5 Å². The molecule has 2 aromatic heterocycles. The van der Waals surface area contributed by atoms with Crippen molar-refractivity contribution in [1.29, 1.82) is 0 Å². The third-order valence-electron chi connectivity index (χ3n) is 4.33. The molecule has 0 aliphatic carbocycles. The molecule has 1 aromatic carbocycles. The number of fused-ring (bicyclic) bond motifs is 1. The maximum Gasteiger partial charge on any atom is 0.407 e. The molecular formula is C19H22FN5O3. The van der Waals surface area contributed by atoms with Crippen LogP contribution >= 0.6 is 0 Å². The second kappa shape index (κ2) is 8.12. The summed E-state index contributed by atoms with van der Waals surface area (Å²) in [6, 6.07) is 7.68. The van der Waals surface area contributed by atoms with Gasteiger partial charge in [-0.05, 0) is 44.2 Å². The van der Waals surface area contributed by atoms with Crippen LogP contribution in [0, 0.1) is 5.82 Å². The van der Waals surface area contributed by atoms with Gasteiger partial charge in [-0.2, -0.15) is 0 Å². The Morgan fingerprint density at radius 1 is 1.36 bits per heavy atom. The third kappa shape index (κ3) is 3.98. The maximum absolute atomic E-state index is 13.8. The zero-order valence-electron chi connectivity index (χ0n) is 15.9. The summed E-state index contributed by atoms with van der Waals surface area (Å²) in [5.74, 6) is 0.677. The molecule has 0 saturated heterocycles. The molecule has 0 saturated carbocycles. The number of aromatic nitrogens is 3. The summed E-state index contributed by atoms with van der Waals surface area (Å²) in [6.07, 6.45) is 0.643. The Morgan fingerprint density at radius 2 is 2.14 bits per heavy atom. The molecule has 0 spiro atoms. The van der Waals surface area contributed by atoms with E-state index in [2.05, 4.69) is 15.4 Å². The minimum atomic E-state index is -0.963. The summed E-state index contributed by atoms with van der Waals surface area (Å²) in [7, 11) is 1.52. The van der Waals surface area contributed by atoms with E-state index in [0.29, 0.717) is 41.6 Å². The average Bonchev–Trinajstić information content (AvgIpc) is 3.07. The van der Waals surface area contributed by atoms with Crippen LogP contribution in [0.2, 0.25) is 0 Å². The molecule has 1 amide bonds. The largest absolute Gasteiger partial charge is 0.496 e. The van der Waals surface area contributed by atoms with Crippen molar-refractivity contribution in [3.05, 3.63) is 42.3 Å². The van der Waals surface area contributed by atoms with Gasteiger partial charge in [-0.3, -0.25) is 0 Å². The molecule has 28 heavy (non-hydrogen) atoms. The number of halogens is 1. The first-order valence-corrected chi connectivity index (χ1v) is 8.83. The number of hydrogen-bond acceptors (Lipinski definition) is 5. The molecule has 0 unspecified atom stereocenters. The van der Waals surface area contributed by atoms with E-state index in [0.717, 1.165) is 0 Å². The van der Waals surface area contributed by atoms with Crippen LogP contribution in [0.25, 0.3) is 16.9 Å². The number of carboxylic acid groups (broad SMARTS) is 1. The van der Waals surface area contributed by atoms with Crippen LogP contribution in [0.1, 0.15) is 13.8 Å². The predicted octanol–water partition coefficient (Wildman–Crippen LogP) is 3.34. The summed E-state index contributed by atoms with van der Waals surface area (Å²) in [5.41, 5.74) is 1.72. The van der Waals surface area contributed by atoms with E-state index in [1.54, 1.807) is 28.9 Å². The normalized spacial score (nSPS) is 11.0. The Hall–Kier alpha value is -3.36. The van der Waals surface area contributed by atoms with E-state index in [1.165, 1.54) is 24.1 Å². The summed E-state index contributed by atoms with van der Waals surface area (Å²) in [4.78, 5) is 16.9. The number of imidazole rings is 1. The molecule has 0 atom stereocenters. The van der Waals surface area contributed by atoms with E-state index >= 15 is 0 Å². The van der Waals surface area contributed by atoms with E-state index in [4.69, 9.17) is 4.74 Å². The Morgan fingerprint density at radius 3 is 2.82 bits per heavy atom. The fourth-order valence-corrected chi connectivity index (χ4v) is 2.91. The lowest BCUT2D eigenvalue weighted by Gasteiger charge is -2.23. The van der Waals surface area contributed by atoms with Crippen molar-refractivity contribution < 1.29 is 19.0 Å². The Bertz CT molecular complexity index is 989. The molecule has 2 heterocycles. The fourth-order valence-electron chi connectivity index (χ4n) is 2.91. The van der Waals surface area contributed by atoms with Gasteiger partial charge in [0.25, 0.3) is 0 Å². The van der Waals surface area contributed by atoms with E-state index in [1.807, 2.05) is 13.8 Å². The van der Waals surface area contributed by atoms with Crippen molar-refractivity contribution in [1.82, 2.24) is 19.5 Å². The fraction of sp³-hybridized carbons (Fsp3) is 0.316. The number of rotatable bonds is 7. The Labute approximate surface area is 161 Å². The summed E-state index contributed by atoms with van der Waals surface area (Å²) in [5, 5.41) is 16.8. The van der Waals surface area contributed by atoms with Gasteiger partial charge in [0.2, 0.25) is 0 Å². The van der Waals surface area contributed by atoms with Gasteiger partial charge in [0.1, 0.15) is 17.4 Å². The maximum atomic E-state index is 13.8. The minimum Gasteiger partial charge on any atom is -0.496 e. The highest BCUT2D eigenvalue weighted by Gasteiger charge is 2.16. The number of benzene rings is 1. The van der Waals surface area contributed by atoms with E-state index in [9.17, 15) is 14.3 Å². The van der Waals surface area contributed by atoms with E-state index < -0.39 is 6.09 Å². The Kier molecular flexibility index (Phi) is 5.62. The monoisotopic (exact) mass is 387 g/mol. The molecular weight excluding hydrogens is 365 g/mol. The quantitative estimate of drug-likeness (QED) is 0.646. The highest BCUT2D eigenvalue weighted by atomic mass is 19.1. The number of hydrogen-bond donors (Lipinski definition) is 2. The summed E-state index contributed by atoms with van der Waals surface area (Å²) in [6.45, 7) is 4.36. The van der Waals surface area contributed by atoms with Crippen LogP contribution in [0.4, 0.5) is 15.0 Å². The zero-order chi connectivity index (χ0) is 20.3. The van der Waals surface area contributed by atoms with Crippen molar-refractivity contribution in [2.45, 2.75) is 19.9 Å². The molecule has 9 heteroatoms. The highest BCUT2D eigenvalue weighted by molar-refractivity contribution is 5.70. The first kappa shape index (κ1) is 19.4. The first-order valence-electron chi connectivity index (χ1n) is 8.83. The van der Waals surface area contributed by atoms with Crippen molar-refractivity contribution in [3.63, 3.8) is 0 Å². The lowest BCUT2D eigenvalue weighted by molar-refractivity contribution is 0.134. The van der Waals surface area contributed by atoms with Crippen LogP contribution < -0.4 is 10.1 Å². The molecule has 8 nitrogen and oxygen atoms in total. The molecule has 3 aromatic rings.